The molecule has 0 aromatic carbocycles. The molecule has 0 rings (SSSR count). The molecule has 0 saturated heterocycles. The number of amides is 4. The number of hydrogen-bond acceptors (Lipinski definition) is 3. The lowest BCUT2D eigenvalue weighted by molar-refractivity contribution is -0.0980. The van der Waals surface area contributed by atoms with Crippen LogP contribution in [0.4, 0.5) is 9.59 Å². The van der Waals surface area contributed by atoms with Crippen LogP contribution in [0.25, 0.3) is 0 Å². The molecular formula is C9H22N4O3. The second-order valence-corrected chi connectivity index (χ2v) is 2.71. The summed E-state index contributed by atoms with van der Waals surface area (Å²) in [6.07, 6.45) is 0. The van der Waals surface area contributed by atoms with Gasteiger partial charge in [-0.2, -0.15) is 0 Å². The molecule has 0 aromatic rings. The van der Waals surface area contributed by atoms with E-state index >= 15 is 0 Å². The first-order valence-electron chi connectivity index (χ1n) is 4.66. The highest BCUT2D eigenvalue weighted by Gasteiger charge is 2.08. The van der Waals surface area contributed by atoms with Crippen molar-refractivity contribution in [2.75, 3.05) is 27.2 Å². The summed E-state index contributed by atoms with van der Waals surface area (Å²) in [4.78, 5) is 31.5. The third-order valence-electron chi connectivity index (χ3n) is 1.60. The molecule has 0 unspecified atom stereocenters. The van der Waals surface area contributed by atoms with Crippen LogP contribution in [0.3, 0.4) is 0 Å². The van der Waals surface area contributed by atoms with Gasteiger partial charge >= 0.3 is 12.1 Å². The van der Waals surface area contributed by atoms with Crippen LogP contribution in [0.2, 0.25) is 0 Å². The van der Waals surface area contributed by atoms with E-state index in [1.165, 1.54) is 0 Å². The van der Waals surface area contributed by atoms with Crippen molar-refractivity contribution in [3.63, 3.8) is 0 Å². The van der Waals surface area contributed by atoms with Crippen LogP contribution < -0.4 is 11.5 Å². The summed E-state index contributed by atoms with van der Waals surface area (Å²) < 4.78 is 0. The van der Waals surface area contributed by atoms with Crippen LogP contribution in [0, 0.1) is 0 Å². The standard InChI is InChI=1S/C7H16N2O.CH4N2O.CH2O/c1-5-8(3)7(10)9(4)6-2;2-1(3)4;1-2/h5-6H2,1-4H3;(H4,2,3,4);1H2. The topological polar surface area (TPSA) is 110 Å². The van der Waals surface area contributed by atoms with E-state index in [0.717, 1.165) is 13.1 Å². The van der Waals surface area contributed by atoms with Gasteiger partial charge in [-0.25, -0.2) is 9.59 Å². The van der Waals surface area contributed by atoms with E-state index < -0.39 is 6.03 Å². The monoisotopic (exact) mass is 234 g/mol. The number of carbonyl (C=O) groups excluding carboxylic acids is 3. The van der Waals surface area contributed by atoms with Gasteiger partial charge in [-0.1, -0.05) is 0 Å². The predicted octanol–water partition coefficient (Wildman–Crippen LogP) is -0.151. The van der Waals surface area contributed by atoms with E-state index in [9.17, 15) is 4.79 Å². The molecule has 16 heavy (non-hydrogen) atoms. The van der Waals surface area contributed by atoms with Crippen LogP contribution in [0.1, 0.15) is 13.8 Å². The summed E-state index contributed by atoms with van der Waals surface area (Å²) in [5.41, 5.74) is 8.50. The van der Waals surface area contributed by atoms with Crippen molar-refractivity contribution >= 4 is 18.9 Å². The Balaban J connectivity index is -0.000000237. The molecule has 0 aromatic heterocycles. The highest BCUT2D eigenvalue weighted by atomic mass is 16.2. The summed E-state index contributed by atoms with van der Waals surface area (Å²) in [7, 11) is 3.60. The van der Waals surface area contributed by atoms with Crippen LogP contribution in [0.15, 0.2) is 0 Å². The van der Waals surface area contributed by atoms with Gasteiger partial charge in [0.1, 0.15) is 6.79 Å². The summed E-state index contributed by atoms with van der Waals surface area (Å²) in [6, 6.07) is -0.745. The molecule has 0 aliphatic carbocycles. The minimum atomic E-state index is -0.833. The average Bonchev–Trinajstić information content (AvgIpc) is 2.27. The molecule has 0 aliphatic heterocycles. The van der Waals surface area contributed by atoms with Gasteiger partial charge in [0, 0.05) is 27.2 Å². The van der Waals surface area contributed by atoms with Crippen LogP contribution >= 0.6 is 0 Å². The number of urea groups is 2. The molecule has 0 atom stereocenters. The SMILES string of the molecule is C=O.CCN(C)C(=O)N(C)CC.NC(N)=O. The average molecular weight is 234 g/mol. The minimum Gasteiger partial charge on any atom is -0.352 e. The first-order valence-corrected chi connectivity index (χ1v) is 4.66. The molecule has 0 fully saturated rings. The summed E-state index contributed by atoms with van der Waals surface area (Å²) in [6.45, 7) is 7.45. The lowest BCUT2D eigenvalue weighted by Gasteiger charge is -2.22. The number of nitrogens with zero attached hydrogens (tertiary/aromatic N) is 2. The van der Waals surface area contributed by atoms with Gasteiger partial charge in [0.2, 0.25) is 0 Å². The molecule has 7 heteroatoms. The molecule has 0 radical (unpaired) electrons. The summed E-state index contributed by atoms with van der Waals surface area (Å²) in [5.74, 6) is 0. The van der Waals surface area contributed by atoms with Gasteiger partial charge < -0.3 is 26.1 Å². The largest absolute Gasteiger partial charge is 0.352 e. The smallest absolute Gasteiger partial charge is 0.319 e. The highest BCUT2D eigenvalue weighted by Crippen LogP contribution is 1.91. The van der Waals surface area contributed by atoms with Crippen LogP contribution in [-0.4, -0.2) is 55.8 Å². The zero-order chi connectivity index (χ0) is 13.7. The van der Waals surface area contributed by atoms with Gasteiger partial charge in [0.15, 0.2) is 0 Å². The molecule has 0 spiro atoms. The molecular weight excluding hydrogens is 212 g/mol. The maximum absolute atomic E-state index is 11.2. The predicted molar refractivity (Wildman–Crippen MR) is 62.9 cm³/mol. The zero-order valence-corrected chi connectivity index (χ0v) is 10.4. The van der Waals surface area contributed by atoms with Crippen molar-refractivity contribution in [3.05, 3.63) is 0 Å². The lowest BCUT2D eigenvalue weighted by atomic mass is 10.6. The number of nitrogens with two attached hydrogens (primary N) is 2. The first kappa shape index (κ1) is 19.7. The summed E-state index contributed by atoms with van der Waals surface area (Å²) >= 11 is 0. The van der Waals surface area contributed by atoms with Gasteiger partial charge in [-0.3, -0.25) is 0 Å². The molecule has 0 aliphatic rings. The normalized spacial score (nSPS) is 7.50. The second kappa shape index (κ2) is 13.2. The van der Waals surface area contributed by atoms with Crippen molar-refractivity contribution < 1.29 is 14.4 Å². The first-order chi connectivity index (χ1) is 7.36. The van der Waals surface area contributed by atoms with E-state index in [4.69, 9.17) is 9.59 Å². The third-order valence-corrected chi connectivity index (χ3v) is 1.60. The Kier molecular flexibility index (Phi) is 16.3. The number of primary amides is 2. The molecule has 4 amide bonds. The minimum absolute atomic E-state index is 0.0880. The number of rotatable bonds is 2. The van der Waals surface area contributed by atoms with Crippen molar-refractivity contribution in [2.45, 2.75) is 13.8 Å². The van der Waals surface area contributed by atoms with Crippen molar-refractivity contribution in [2.24, 2.45) is 11.5 Å². The van der Waals surface area contributed by atoms with Gasteiger partial charge in [-0.05, 0) is 13.8 Å². The molecule has 4 N–H and O–H groups in total. The van der Waals surface area contributed by atoms with Gasteiger partial charge in [0.05, 0.1) is 0 Å². The second-order valence-electron chi connectivity index (χ2n) is 2.71. The quantitative estimate of drug-likeness (QED) is 0.693. The molecule has 96 valence electrons. The highest BCUT2D eigenvalue weighted by molar-refractivity contribution is 5.73. The molecule has 0 heterocycles. The zero-order valence-electron chi connectivity index (χ0n) is 10.4. The number of carbonyl (C=O) groups is 3. The number of hydrogen-bond donors (Lipinski definition) is 2. The maximum atomic E-state index is 11.2. The maximum Gasteiger partial charge on any atom is 0.319 e. The van der Waals surface area contributed by atoms with Crippen molar-refractivity contribution in [1.82, 2.24) is 9.80 Å². The Morgan fingerprint density at radius 1 is 1.00 bits per heavy atom. The summed E-state index contributed by atoms with van der Waals surface area (Å²) in [5, 5.41) is 0. The fraction of sp³-hybridized carbons (Fsp3) is 0.667. The van der Waals surface area contributed by atoms with Gasteiger partial charge in [-0.15, -0.1) is 0 Å². The molecule has 7 nitrogen and oxygen atoms in total. The van der Waals surface area contributed by atoms with E-state index in [1.807, 2.05) is 20.6 Å². The molecule has 0 bridgehead atoms. The fourth-order valence-corrected chi connectivity index (χ4v) is 0.562. The van der Waals surface area contributed by atoms with E-state index in [0.29, 0.717) is 0 Å². The van der Waals surface area contributed by atoms with Crippen molar-refractivity contribution in [3.8, 4) is 0 Å². The Morgan fingerprint density at radius 2 is 1.19 bits per heavy atom. The fourth-order valence-electron chi connectivity index (χ4n) is 0.562. The lowest BCUT2D eigenvalue weighted by Crippen LogP contribution is -2.38. The van der Waals surface area contributed by atoms with Gasteiger partial charge in [0.25, 0.3) is 0 Å². The van der Waals surface area contributed by atoms with E-state index in [-0.39, 0.29) is 6.03 Å². The Bertz CT molecular complexity index is 183. The molecule has 0 saturated carbocycles. The Morgan fingerprint density at radius 3 is 1.31 bits per heavy atom. The third kappa shape index (κ3) is 14.7. The van der Waals surface area contributed by atoms with Crippen LogP contribution in [-0.2, 0) is 4.79 Å². The Hall–Kier alpha value is -1.79. The van der Waals surface area contributed by atoms with E-state index in [1.54, 1.807) is 23.9 Å². The Labute approximate surface area is 96.4 Å². The van der Waals surface area contributed by atoms with E-state index in [2.05, 4.69) is 11.5 Å². The van der Waals surface area contributed by atoms with Crippen LogP contribution in [0.5, 0.6) is 0 Å². The van der Waals surface area contributed by atoms with Crippen molar-refractivity contribution in [1.29, 1.82) is 0 Å².